The molecule has 0 aliphatic carbocycles. The summed E-state index contributed by atoms with van der Waals surface area (Å²) in [6.07, 6.45) is 3.42. The molecule has 1 saturated heterocycles. The highest BCUT2D eigenvalue weighted by Crippen LogP contribution is 2.28. The van der Waals surface area contributed by atoms with Crippen molar-refractivity contribution in [2.45, 2.75) is 44.8 Å². The van der Waals surface area contributed by atoms with E-state index in [2.05, 4.69) is 12.2 Å². The third kappa shape index (κ3) is 3.87. The standard InChI is InChI=1S/C14H18F2N2O3/c1-2-3-10-6-9(4-5-21-10)17-13-8-14(18(19)20)12(16)7-11(13)15/h7-10,17H,2-6H2,1H3. The van der Waals surface area contributed by atoms with Gasteiger partial charge in [0, 0.05) is 24.8 Å². The lowest BCUT2D eigenvalue weighted by Gasteiger charge is -2.30. The maximum Gasteiger partial charge on any atom is 0.307 e. The molecule has 1 fully saturated rings. The number of nitro benzene ring substituents is 1. The van der Waals surface area contributed by atoms with Gasteiger partial charge in [0.1, 0.15) is 5.82 Å². The largest absolute Gasteiger partial charge is 0.380 e. The predicted octanol–water partition coefficient (Wildman–Crippen LogP) is 3.63. The Bertz CT molecular complexity index is 523. The van der Waals surface area contributed by atoms with Crippen LogP contribution in [-0.2, 0) is 4.74 Å². The molecule has 21 heavy (non-hydrogen) atoms. The number of nitrogens with zero attached hydrogens (tertiary/aromatic N) is 1. The first-order chi connectivity index (χ1) is 10.0. The molecule has 1 aromatic carbocycles. The number of rotatable bonds is 5. The van der Waals surface area contributed by atoms with E-state index in [0.29, 0.717) is 25.5 Å². The van der Waals surface area contributed by atoms with E-state index in [-0.39, 0.29) is 17.8 Å². The van der Waals surface area contributed by atoms with E-state index in [0.717, 1.165) is 18.9 Å². The van der Waals surface area contributed by atoms with Crippen LogP contribution in [0.1, 0.15) is 32.6 Å². The average molecular weight is 300 g/mol. The zero-order valence-electron chi connectivity index (χ0n) is 11.8. The molecular formula is C14H18F2N2O3. The molecule has 0 amide bonds. The van der Waals surface area contributed by atoms with Crippen LogP contribution in [0.15, 0.2) is 12.1 Å². The van der Waals surface area contributed by atoms with Gasteiger partial charge in [-0.3, -0.25) is 10.1 Å². The minimum atomic E-state index is -1.17. The highest BCUT2D eigenvalue weighted by Gasteiger charge is 2.24. The third-order valence-electron chi connectivity index (χ3n) is 3.57. The van der Waals surface area contributed by atoms with Gasteiger partial charge in [0.2, 0.25) is 5.82 Å². The van der Waals surface area contributed by atoms with E-state index in [1.165, 1.54) is 0 Å². The van der Waals surface area contributed by atoms with Gasteiger partial charge in [0.05, 0.1) is 16.7 Å². The Morgan fingerprint density at radius 3 is 2.86 bits per heavy atom. The van der Waals surface area contributed by atoms with Crippen molar-refractivity contribution >= 4 is 11.4 Å². The number of nitrogens with one attached hydrogen (secondary N) is 1. The quantitative estimate of drug-likeness (QED) is 0.666. The summed E-state index contributed by atoms with van der Waals surface area (Å²) in [6, 6.07) is 1.42. The first kappa shape index (κ1) is 15.6. The van der Waals surface area contributed by atoms with E-state index in [9.17, 15) is 18.9 Å². The van der Waals surface area contributed by atoms with Crippen molar-refractivity contribution in [1.82, 2.24) is 0 Å². The van der Waals surface area contributed by atoms with E-state index < -0.39 is 22.2 Å². The van der Waals surface area contributed by atoms with Crippen molar-refractivity contribution in [1.29, 1.82) is 0 Å². The van der Waals surface area contributed by atoms with Crippen LogP contribution in [0, 0.1) is 21.7 Å². The lowest BCUT2D eigenvalue weighted by molar-refractivity contribution is -0.387. The van der Waals surface area contributed by atoms with Crippen LogP contribution >= 0.6 is 0 Å². The summed E-state index contributed by atoms with van der Waals surface area (Å²) in [7, 11) is 0. The molecule has 0 spiro atoms. The highest BCUT2D eigenvalue weighted by atomic mass is 19.1. The van der Waals surface area contributed by atoms with Gasteiger partial charge in [-0.05, 0) is 19.3 Å². The third-order valence-corrected chi connectivity index (χ3v) is 3.57. The summed E-state index contributed by atoms with van der Waals surface area (Å²) in [5, 5.41) is 13.6. The Morgan fingerprint density at radius 1 is 1.43 bits per heavy atom. The Kier molecular flexibility index (Phi) is 5.06. The molecule has 7 heteroatoms. The molecular weight excluding hydrogens is 282 g/mol. The number of benzene rings is 1. The van der Waals surface area contributed by atoms with Gasteiger partial charge in [0.25, 0.3) is 0 Å². The van der Waals surface area contributed by atoms with Gasteiger partial charge in [-0.1, -0.05) is 13.3 Å². The molecule has 1 heterocycles. The molecule has 1 N–H and O–H groups in total. The number of halogens is 2. The topological polar surface area (TPSA) is 64.4 Å². The van der Waals surface area contributed by atoms with E-state index in [1.54, 1.807) is 0 Å². The second kappa shape index (κ2) is 6.80. The molecule has 2 unspecified atom stereocenters. The van der Waals surface area contributed by atoms with Gasteiger partial charge in [0.15, 0.2) is 0 Å². The zero-order chi connectivity index (χ0) is 15.4. The van der Waals surface area contributed by atoms with Gasteiger partial charge in [-0.2, -0.15) is 4.39 Å². The maximum absolute atomic E-state index is 13.7. The SMILES string of the molecule is CCCC1CC(Nc2cc([N+](=O)[O-])c(F)cc2F)CCO1. The smallest absolute Gasteiger partial charge is 0.307 e. The molecule has 0 saturated carbocycles. The normalized spacial score (nSPS) is 22.0. The minimum absolute atomic E-state index is 0.0325. The van der Waals surface area contributed by atoms with Gasteiger partial charge in [-0.25, -0.2) is 4.39 Å². The molecule has 1 aliphatic heterocycles. The Labute approximate surface area is 121 Å². The van der Waals surface area contributed by atoms with E-state index in [4.69, 9.17) is 4.74 Å². The van der Waals surface area contributed by atoms with Crippen LogP contribution in [0.2, 0.25) is 0 Å². The fourth-order valence-corrected chi connectivity index (χ4v) is 2.54. The summed E-state index contributed by atoms with van der Waals surface area (Å²) in [4.78, 5) is 9.85. The molecule has 0 radical (unpaired) electrons. The Hall–Kier alpha value is -1.76. The molecule has 1 aliphatic rings. The van der Waals surface area contributed by atoms with Crippen LogP contribution in [0.4, 0.5) is 20.2 Å². The van der Waals surface area contributed by atoms with E-state index >= 15 is 0 Å². The summed E-state index contributed by atoms with van der Waals surface area (Å²) in [6.45, 7) is 2.62. The van der Waals surface area contributed by atoms with Crippen LogP contribution in [-0.4, -0.2) is 23.7 Å². The van der Waals surface area contributed by atoms with Gasteiger partial charge >= 0.3 is 5.69 Å². The minimum Gasteiger partial charge on any atom is -0.380 e. The lowest BCUT2D eigenvalue weighted by Crippen LogP contribution is -2.34. The Balaban J connectivity index is 2.11. The first-order valence-electron chi connectivity index (χ1n) is 7.02. The zero-order valence-corrected chi connectivity index (χ0v) is 11.8. The Morgan fingerprint density at radius 2 is 2.19 bits per heavy atom. The molecule has 116 valence electrons. The monoisotopic (exact) mass is 300 g/mol. The lowest BCUT2D eigenvalue weighted by atomic mass is 10.00. The predicted molar refractivity (Wildman–Crippen MR) is 74.3 cm³/mol. The van der Waals surface area contributed by atoms with E-state index in [1.807, 2.05) is 0 Å². The summed E-state index contributed by atoms with van der Waals surface area (Å²) in [5.41, 5.74) is -0.763. The molecule has 1 aromatic rings. The molecule has 0 bridgehead atoms. The second-order valence-corrected chi connectivity index (χ2v) is 5.19. The number of hydrogen-bond acceptors (Lipinski definition) is 4. The van der Waals surface area contributed by atoms with Crippen LogP contribution in [0.5, 0.6) is 0 Å². The van der Waals surface area contributed by atoms with Crippen molar-refractivity contribution in [3.05, 3.63) is 33.9 Å². The fourth-order valence-electron chi connectivity index (χ4n) is 2.54. The molecule has 5 nitrogen and oxygen atoms in total. The van der Waals surface area contributed by atoms with Gasteiger partial charge in [-0.15, -0.1) is 0 Å². The number of hydrogen-bond donors (Lipinski definition) is 1. The first-order valence-corrected chi connectivity index (χ1v) is 7.02. The second-order valence-electron chi connectivity index (χ2n) is 5.19. The number of ether oxygens (including phenoxy) is 1. The summed E-state index contributed by atoms with van der Waals surface area (Å²) in [5.74, 6) is -1.99. The maximum atomic E-state index is 13.7. The number of anilines is 1. The van der Waals surface area contributed by atoms with Crippen LogP contribution < -0.4 is 5.32 Å². The highest BCUT2D eigenvalue weighted by molar-refractivity contribution is 5.53. The van der Waals surface area contributed by atoms with Crippen molar-refractivity contribution in [2.75, 3.05) is 11.9 Å². The molecule has 2 atom stereocenters. The van der Waals surface area contributed by atoms with Crippen molar-refractivity contribution < 1.29 is 18.4 Å². The molecule has 2 rings (SSSR count). The fraction of sp³-hybridized carbons (Fsp3) is 0.571. The van der Waals surface area contributed by atoms with Crippen molar-refractivity contribution in [2.24, 2.45) is 0 Å². The average Bonchev–Trinajstić information content (AvgIpc) is 2.42. The van der Waals surface area contributed by atoms with Crippen molar-refractivity contribution in [3.8, 4) is 0 Å². The van der Waals surface area contributed by atoms with Gasteiger partial charge < -0.3 is 10.1 Å². The number of nitro groups is 1. The van der Waals surface area contributed by atoms with Crippen LogP contribution in [0.3, 0.4) is 0 Å². The summed E-state index contributed by atoms with van der Waals surface area (Å²) < 4.78 is 32.6. The summed E-state index contributed by atoms with van der Waals surface area (Å²) >= 11 is 0. The van der Waals surface area contributed by atoms with Crippen LogP contribution in [0.25, 0.3) is 0 Å². The van der Waals surface area contributed by atoms with Crippen molar-refractivity contribution in [3.63, 3.8) is 0 Å². The molecule has 0 aromatic heterocycles.